The van der Waals surface area contributed by atoms with Gasteiger partial charge in [0.25, 0.3) is 8.32 Å². The standard InChI is InChI=1S/C25H36O4Si/c1-24(2,3)30(22-12-8-6-9-13-22,23-14-10-7-11-15-23)27-17-16-20-18-21(19-26)29-25(4,5)28-20/h6-15,20-21,26H,16-19H2,1-5H3/t20-,21-/m0/s1. The van der Waals surface area contributed by atoms with Crippen LogP contribution in [0.15, 0.2) is 60.7 Å². The number of aliphatic hydroxyl groups excluding tert-OH is 1. The second-order valence-corrected chi connectivity index (χ2v) is 13.9. The Labute approximate surface area is 182 Å². The van der Waals surface area contributed by atoms with Crippen molar-refractivity contribution in [3.8, 4) is 0 Å². The molecule has 1 saturated heterocycles. The van der Waals surface area contributed by atoms with E-state index in [0.29, 0.717) is 13.0 Å². The van der Waals surface area contributed by atoms with E-state index in [-0.39, 0.29) is 23.9 Å². The molecule has 0 aliphatic carbocycles. The highest BCUT2D eigenvalue weighted by Gasteiger charge is 2.50. The largest absolute Gasteiger partial charge is 0.407 e. The summed E-state index contributed by atoms with van der Waals surface area (Å²) in [4.78, 5) is 0. The fraction of sp³-hybridized carbons (Fsp3) is 0.520. The summed E-state index contributed by atoms with van der Waals surface area (Å²) in [6.45, 7) is 11.3. The molecule has 0 aromatic heterocycles. The summed E-state index contributed by atoms with van der Waals surface area (Å²) in [5.41, 5.74) is 0. The summed E-state index contributed by atoms with van der Waals surface area (Å²) < 4.78 is 18.9. The van der Waals surface area contributed by atoms with Gasteiger partial charge >= 0.3 is 0 Å². The van der Waals surface area contributed by atoms with Crippen LogP contribution >= 0.6 is 0 Å². The Hall–Kier alpha value is -1.50. The molecule has 1 fully saturated rings. The molecular weight excluding hydrogens is 392 g/mol. The normalized spacial score (nSPS) is 22.1. The summed E-state index contributed by atoms with van der Waals surface area (Å²) in [5, 5.41) is 12.1. The molecule has 2 aromatic rings. The molecule has 1 N–H and O–H groups in total. The van der Waals surface area contributed by atoms with Crippen molar-refractivity contribution in [2.24, 2.45) is 0 Å². The Morgan fingerprint density at radius 2 is 1.43 bits per heavy atom. The zero-order chi connectivity index (χ0) is 21.8. The molecule has 1 heterocycles. The van der Waals surface area contributed by atoms with Crippen molar-refractivity contribution in [3.05, 3.63) is 60.7 Å². The van der Waals surface area contributed by atoms with Crippen LogP contribution in [0, 0.1) is 0 Å². The highest BCUT2D eigenvalue weighted by atomic mass is 28.4. The van der Waals surface area contributed by atoms with E-state index in [9.17, 15) is 5.11 Å². The van der Waals surface area contributed by atoms with Crippen molar-refractivity contribution in [3.63, 3.8) is 0 Å². The van der Waals surface area contributed by atoms with Gasteiger partial charge < -0.3 is 19.0 Å². The Bertz CT molecular complexity index is 746. The van der Waals surface area contributed by atoms with Gasteiger partial charge in [-0.1, -0.05) is 81.4 Å². The Kier molecular flexibility index (Phi) is 7.20. The van der Waals surface area contributed by atoms with Gasteiger partial charge in [0.2, 0.25) is 0 Å². The summed E-state index contributed by atoms with van der Waals surface area (Å²) in [6.07, 6.45) is 1.27. The molecule has 2 atom stereocenters. The molecule has 3 rings (SSSR count). The lowest BCUT2D eigenvalue weighted by atomic mass is 10.1. The van der Waals surface area contributed by atoms with Crippen molar-refractivity contribution in [1.29, 1.82) is 0 Å². The van der Waals surface area contributed by atoms with Crippen molar-refractivity contribution >= 4 is 18.7 Å². The van der Waals surface area contributed by atoms with Crippen molar-refractivity contribution in [2.45, 2.75) is 70.5 Å². The molecule has 2 aromatic carbocycles. The molecule has 5 heteroatoms. The maximum Gasteiger partial charge on any atom is 0.261 e. The van der Waals surface area contributed by atoms with E-state index < -0.39 is 14.1 Å². The predicted octanol–water partition coefficient (Wildman–Crippen LogP) is 3.86. The van der Waals surface area contributed by atoms with Gasteiger partial charge in [0.05, 0.1) is 18.8 Å². The average Bonchev–Trinajstić information content (AvgIpc) is 2.70. The van der Waals surface area contributed by atoms with Gasteiger partial charge in [0.15, 0.2) is 5.79 Å². The molecule has 0 bridgehead atoms. The first-order valence-corrected chi connectivity index (χ1v) is 12.8. The highest BCUT2D eigenvalue weighted by Crippen LogP contribution is 2.37. The van der Waals surface area contributed by atoms with Crippen LogP contribution in [0.3, 0.4) is 0 Å². The minimum absolute atomic E-state index is 0.00381. The van der Waals surface area contributed by atoms with Gasteiger partial charge in [-0.15, -0.1) is 0 Å². The van der Waals surface area contributed by atoms with Crippen LogP contribution in [-0.4, -0.2) is 44.6 Å². The van der Waals surface area contributed by atoms with E-state index in [1.807, 2.05) is 13.8 Å². The molecule has 0 amide bonds. The molecular formula is C25H36O4Si. The van der Waals surface area contributed by atoms with Crippen LogP contribution in [0.5, 0.6) is 0 Å². The minimum atomic E-state index is -2.53. The van der Waals surface area contributed by atoms with E-state index in [1.54, 1.807) is 0 Å². The quantitative estimate of drug-likeness (QED) is 0.681. The second-order valence-electron chi connectivity index (χ2n) is 9.60. The van der Waals surface area contributed by atoms with Crippen molar-refractivity contribution in [1.82, 2.24) is 0 Å². The lowest BCUT2D eigenvalue weighted by Gasteiger charge is -2.44. The molecule has 1 aliphatic heterocycles. The molecule has 164 valence electrons. The first-order chi connectivity index (χ1) is 14.2. The third-order valence-corrected chi connectivity index (χ3v) is 10.8. The first kappa shape index (κ1) is 23.2. The second kappa shape index (κ2) is 9.33. The maximum absolute atomic E-state index is 9.59. The summed E-state index contributed by atoms with van der Waals surface area (Å²) >= 11 is 0. The van der Waals surface area contributed by atoms with Gasteiger partial charge in [-0.2, -0.15) is 0 Å². The third kappa shape index (κ3) is 5.03. The zero-order valence-corrected chi connectivity index (χ0v) is 19.9. The SMILES string of the molecule is CC1(C)O[C@H](CO)C[C@H](CCO[Si](c2ccccc2)(c2ccccc2)C(C)(C)C)O1. The van der Waals surface area contributed by atoms with Crippen LogP contribution < -0.4 is 10.4 Å². The lowest BCUT2D eigenvalue weighted by Crippen LogP contribution is -2.66. The van der Waals surface area contributed by atoms with Gasteiger partial charge in [-0.05, 0) is 35.7 Å². The van der Waals surface area contributed by atoms with Gasteiger partial charge in [-0.25, -0.2) is 0 Å². The molecule has 0 spiro atoms. The summed E-state index contributed by atoms with van der Waals surface area (Å²) in [6, 6.07) is 21.4. The van der Waals surface area contributed by atoms with E-state index in [2.05, 4.69) is 81.4 Å². The molecule has 0 unspecified atom stereocenters. The molecule has 1 aliphatic rings. The topological polar surface area (TPSA) is 47.9 Å². The fourth-order valence-corrected chi connectivity index (χ4v) is 9.19. The Morgan fingerprint density at radius 1 is 0.933 bits per heavy atom. The number of hydrogen-bond acceptors (Lipinski definition) is 4. The van der Waals surface area contributed by atoms with Crippen LogP contribution in [0.25, 0.3) is 0 Å². The summed E-state index contributed by atoms with van der Waals surface area (Å²) in [5.74, 6) is -0.687. The molecule has 0 saturated carbocycles. The smallest absolute Gasteiger partial charge is 0.261 e. The van der Waals surface area contributed by atoms with E-state index in [1.165, 1.54) is 10.4 Å². The number of aliphatic hydroxyl groups is 1. The highest BCUT2D eigenvalue weighted by molar-refractivity contribution is 6.99. The minimum Gasteiger partial charge on any atom is -0.407 e. The van der Waals surface area contributed by atoms with E-state index >= 15 is 0 Å². The van der Waals surface area contributed by atoms with Crippen LogP contribution in [0.1, 0.15) is 47.5 Å². The summed E-state index contributed by atoms with van der Waals surface area (Å²) in [7, 11) is -2.53. The Morgan fingerprint density at radius 3 is 1.90 bits per heavy atom. The molecule has 4 nitrogen and oxygen atoms in total. The number of ether oxygens (including phenoxy) is 2. The number of benzene rings is 2. The maximum atomic E-state index is 9.59. The van der Waals surface area contributed by atoms with Gasteiger partial charge in [0, 0.05) is 13.0 Å². The van der Waals surface area contributed by atoms with Crippen LogP contribution in [-0.2, 0) is 13.9 Å². The lowest BCUT2D eigenvalue weighted by molar-refractivity contribution is -0.305. The molecule has 0 radical (unpaired) electrons. The molecule has 30 heavy (non-hydrogen) atoms. The van der Waals surface area contributed by atoms with E-state index in [0.717, 1.165) is 6.42 Å². The van der Waals surface area contributed by atoms with Crippen LogP contribution in [0.4, 0.5) is 0 Å². The fourth-order valence-electron chi connectivity index (χ4n) is 4.61. The number of rotatable bonds is 7. The Balaban J connectivity index is 1.87. The predicted molar refractivity (Wildman–Crippen MR) is 124 cm³/mol. The first-order valence-electron chi connectivity index (χ1n) is 10.9. The monoisotopic (exact) mass is 428 g/mol. The van der Waals surface area contributed by atoms with E-state index in [4.69, 9.17) is 13.9 Å². The van der Waals surface area contributed by atoms with Crippen molar-refractivity contribution < 1.29 is 19.0 Å². The number of hydrogen-bond donors (Lipinski definition) is 1. The zero-order valence-electron chi connectivity index (χ0n) is 18.9. The van der Waals surface area contributed by atoms with Crippen molar-refractivity contribution in [2.75, 3.05) is 13.2 Å². The van der Waals surface area contributed by atoms with Gasteiger partial charge in [-0.3, -0.25) is 0 Å². The van der Waals surface area contributed by atoms with Crippen LogP contribution in [0.2, 0.25) is 5.04 Å². The third-order valence-electron chi connectivity index (χ3n) is 5.81. The van der Waals surface area contributed by atoms with Gasteiger partial charge in [0.1, 0.15) is 0 Å². The average molecular weight is 429 g/mol.